The van der Waals surface area contributed by atoms with Crippen LogP contribution in [0, 0.1) is 5.92 Å². The molecule has 5 nitrogen and oxygen atoms in total. The lowest BCUT2D eigenvalue weighted by atomic mass is 9.96. The Labute approximate surface area is 172 Å². The molecule has 1 atom stereocenters. The Morgan fingerprint density at radius 2 is 1.72 bits per heavy atom. The fraction of sp³-hybridized carbons (Fsp3) is 0.333. The quantitative estimate of drug-likeness (QED) is 0.589. The van der Waals surface area contributed by atoms with Crippen LogP contribution in [0.3, 0.4) is 0 Å². The standard InChI is InChI=1S/C24H28N4O/c1-17(2)24(19-9-5-3-6-10-19)25-16-23(29)26-22-15-21(18-13-14-18)27-28(22)20-11-7-4-8-12-20/h3-12,15,17-18,24-25H,13-14,16H2,1-2H3,(H,26,29)/t24-/m0/s1. The van der Waals surface area contributed by atoms with E-state index in [0.29, 0.717) is 11.8 Å². The fourth-order valence-electron chi connectivity index (χ4n) is 3.62. The molecule has 150 valence electrons. The van der Waals surface area contributed by atoms with E-state index in [1.807, 2.05) is 59.3 Å². The Bertz CT molecular complexity index is 946. The molecule has 0 bridgehead atoms. The van der Waals surface area contributed by atoms with Gasteiger partial charge < -0.3 is 10.6 Å². The second-order valence-corrected chi connectivity index (χ2v) is 8.04. The van der Waals surface area contributed by atoms with Crippen molar-refractivity contribution in [2.45, 2.75) is 38.6 Å². The summed E-state index contributed by atoms with van der Waals surface area (Å²) in [6, 6.07) is 22.4. The summed E-state index contributed by atoms with van der Waals surface area (Å²) >= 11 is 0. The third-order valence-corrected chi connectivity index (χ3v) is 5.30. The number of benzene rings is 2. The van der Waals surface area contributed by atoms with Crippen LogP contribution in [0.25, 0.3) is 5.69 Å². The topological polar surface area (TPSA) is 59.0 Å². The highest BCUT2D eigenvalue weighted by atomic mass is 16.2. The van der Waals surface area contributed by atoms with Gasteiger partial charge in [0.15, 0.2) is 0 Å². The van der Waals surface area contributed by atoms with Crippen molar-refractivity contribution in [3.63, 3.8) is 0 Å². The maximum atomic E-state index is 12.7. The number of hydrogen-bond donors (Lipinski definition) is 2. The molecule has 5 heteroatoms. The van der Waals surface area contributed by atoms with Gasteiger partial charge in [-0.1, -0.05) is 62.4 Å². The summed E-state index contributed by atoms with van der Waals surface area (Å²) < 4.78 is 1.84. The first-order chi connectivity index (χ1) is 14.1. The van der Waals surface area contributed by atoms with E-state index < -0.39 is 0 Å². The number of nitrogens with zero attached hydrogens (tertiary/aromatic N) is 2. The molecule has 29 heavy (non-hydrogen) atoms. The third kappa shape index (κ3) is 4.74. The van der Waals surface area contributed by atoms with Gasteiger partial charge in [-0.05, 0) is 36.5 Å². The van der Waals surface area contributed by atoms with Gasteiger partial charge in [-0.25, -0.2) is 4.68 Å². The zero-order valence-corrected chi connectivity index (χ0v) is 17.0. The first kappa shape index (κ1) is 19.4. The minimum Gasteiger partial charge on any atom is -0.309 e. The molecule has 1 aliphatic rings. The van der Waals surface area contributed by atoms with E-state index in [-0.39, 0.29) is 18.5 Å². The lowest BCUT2D eigenvalue weighted by Gasteiger charge is -2.22. The SMILES string of the molecule is CC(C)[C@H](NCC(=O)Nc1cc(C2CC2)nn1-c1ccccc1)c1ccccc1. The Morgan fingerprint density at radius 1 is 1.07 bits per heavy atom. The van der Waals surface area contributed by atoms with E-state index in [2.05, 4.69) is 36.6 Å². The summed E-state index contributed by atoms with van der Waals surface area (Å²) in [5, 5.41) is 11.2. The van der Waals surface area contributed by atoms with Crippen molar-refractivity contribution in [2.75, 3.05) is 11.9 Å². The zero-order valence-electron chi connectivity index (χ0n) is 17.0. The van der Waals surface area contributed by atoms with Crippen LogP contribution < -0.4 is 10.6 Å². The van der Waals surface area contributed by atoms with E-state index in [1.54, 1.807) is 0 Å². The van der Waals surface area contributed by atoms with Gasteiger partial charge in [-0.2, -0.15) is 5.10 Å². The van der Waals surface area contributed by atoms with E-state index in [9.17, 15) is 4.79 Å². The number of aromatic nitrogens is 2. The van der Waals surface area contributed by atoms with Gasteiger partial charge in [-0.15, -0.1) is 0 Å². The molecule has 1 aliphatic carbocycles. The summed E-state index contributed by atoms with van der Waals surface area (Å²) in [5.74, 6) is 1.57. The van der Waals surface area contributed by atoms with Crippen LogP contribution in [0.5, 0.6) is 0 Å². The zero-order chi connectivity index (χ0) is 20.2. The lowest BCUT2D eigenvalue weighted by molar-refractivity contribution is -0.115. The van der Waals surface area contributed by atoms with Gasteiger partial charge in [0.2, 0.25) is 5.91 Å². The van der Waals surface area contributed by atoms with Crippen LogP contribution in [0.4, 0.5) is 5.82 Å². The smallest absolute Gasteiger partial charge is 0.239 e. The molecule has 0 saturated heterocycles. The minimum absolute atomic E-state index is 0.0639. The van der Waals surface area contributed by atoms with Crippen LogP contribution in [0.15, 0.2) is 66.7 Å². The summed E-state index contributed by atoms with van der Waals surface area (Å²) in [6.45, 7) is 4.57. The van der Waals surface area contributed by atoms with Crippen molar-refractivity contribution in [3.05, 3.63) is 78.0 Å². The monoisotopic (exact) mass is 388 g/mol. The highest BCUT2D eigenvalue weighted by Crippen LogP contribution is 2.40. The molecular formula is C24H28N4O. The Balaban J connectivity index is 1.47. The Kier molecular flexibility index (Phi) is 5.76. The minimum atomic E-state index is -0.0639. The largest absolute Gasteiger partial charge is 0.309 e. The highest BCUT2D eigenvalue weighted by molar-refractivity contribution is 5.91. The van der Waals surface area contributed by atoms with Crippen LogP contribution in [-0.4, -0.2) is 22.2 Å². The van der Waals surface area contributed by atoms with Crippen LogP contribution in [-0.2, 0) is 4.79 Å². The molecule has 1 aromatic heterocycles. The summed E-state index contributed by atoms with van der Waals surface area (Å²) in [4.78, 5) is 12.7. The number of carbonyl (C=O) groups excluding carboxylic acids is 1. The normalized spacial score (nSPS) is 14.7. The fourth-order valence-corrected chi connectivity index (χ4v) is 3.62. The van der Waals surface area contributed by atoms with E-state index in [0.717, 1.165) is 17.2 Å². The predicted octanol–water partition coefficient (Wildman–Crippen LogP) is 4.68. The summed E-state index contributed by atoms with van der Waals surface area (Å²) in [5.41, 5.74) is 3.20. The van der Waals surface area contributed by atoms with Gasteiger partial charge in [0.25, 0.3) is 0 Å². The average Bonchev–Trinajstić information content (AvgIpc) is 3.50. The molecule has 1 saturated carbocycles. The highest BCUT2D eigenvalue weighted by Gasteiger charge is 2.28. The molecule has 0 radical (unpaired) electrons. The Hall–Kier alpha value is -2.92. The van der Waals surface area contributed by atoms with E-state index >= 15 is 0 Å². The molecule has 0 aliphatic heterocycles. The predicted molar refractivity (Wildman–Crippen MR) is 116 cm³/mol. The number of amides is 1. The van der Waals surface area contributed by atoms with E-state index in [4.69, 9.17) is 5.10 Å². The van der Waals surface area contributed by atoms with Gasteiger partial charge in [0.1, 0.15) is 5.82 Å². The molecule has 4 rings (SSSR count). The van der Waals surface area contributed by atoms with Gasteiger partial charge in [0, 0.05) is 18.0 Å². The third-order valence-electron chi connectivity index (χ3n) is 5.30. The van der Waals surface area contributed by atoms with Crippen molar-refractivity contribution >= 4 is 11.7 Å². The van der Waals surface area contributed by atoms with Crippen molar-refractivity contribution in [2.24, 2.45) is 5.92 Å². The van der Waals surface area contributed by atoms with E-state index in [1.165, 1.54) is 18.4 Å². The van der Waals surface area contributed by atoms with Crippen molar-refractivity contribution in [3.8, 4) is 5.69 Å². The maximum Gasteiger partial charge on any atom is 0.239 e. The summed E-state index contributed by atoms with van der Waals surface area (Å²) in [6.07, 6.45) is 2.35. The second kappa shape index (κ2) is 8.62. The van der Waals surface area contributed by atoms with Gasteiger partial charge in [0.05, 0.1) is 17.9 Å². The molecular weight excluding hydrogens is 360 g/mol. The van der Waals surface area contributed by atoms with Gasteiger partial charge >= 0.3 is 0 Å². The first-order valence-electron chi connectivity index (χ1n) is 10.4. The van der Waals surface area contributed by atoms with Crippen LogP contribution >= 0.6 is 0 Å². The maximum absolute atomic E-state index is 12.7. The molecule has 2 aromatic carbocycles. The number of hydrogen-bond acceptors (Lipinski definition) is 3. The molecule has 1 fully saturated rings. The van der Waals surface area contributed by atoms with Crippen molar-refractivity contribution < 1.29 is 4.79 Å². The molecule has 1 heterocycles. The first-order valence-corrected chi connectivity index (χ1v) is 10.4. The molecule has 1 amide bonds. The van der Waals surface area contributed by atoms with Crippen molar-refractivity contribution in [1.29, 1.82) is 0 Å². The number of carbonyl (C=O) groups is 1. The lowest BCUT2D eigenvalue weighted by Crippen LogP contribution is -2.34. The summed E-state index contributed by atoms with van der Waals surface area (Å²) in [7, 11) is 0. The number of rotatable bonds is 8. The molecule has 2 N–H and O–H groups in total. The molecule has 0 spiro atoms. The van der Waals surface area contributed by atoms with Crippen LogP contribution in [0.2, 0.25) is 0 Å². The number of anilines is 1. The molecule has 3 aromatic rings. The molecule has 0 unspecified atom stereocenters. The Morgan fingerprint density at radius 3 is 2.34 bits per heavy atom. The second-order valence-electron chi connectivity index (χ2n) is 8.04. The number of nitrogens with one attached hydrogen (secondary N) is 2. The van der Waals surface area contributed by atoms with Crippen LogP contribution in [0.1, 0.15) is 49.9 Å². The average molecular weight is 389 g/mol. The van der Waals surface area contributed by atoms with Gasteiger partial charge in [-0.3, -0.25) is 4.79 Å². The number of para-hydroxylation sites is 1. The van der Waals surface area contributed by atoms with Crippen molar-refractivity contribution in [1.82, 2.24) is 15.1 Å².